The largest absolute Gasteiger partial charge is 0.643 e. The van der Waals surface area contributed by atoms with E-state index in [0.29, 0.717) is 19.8 Å². The predicted molar refractivity (Wildman–Crippen MR) is 61.6 cm³/mol. The molecule has 0 N–H and O–H groups in total. The van der Waals surface area contributed by atoms with Gasteiger partial charge in [0.05, 0.1) is 0 Å². The molecule has 0 aliphatic carbocycles. The Labute approximate surface area is 102 Å². The second kappa shape index (κ2) is 6.06. The Bertz CT molecular complexity index is 296. The molecule has 1 aliphatic rings. The minimum atomic E-state index is -3.42. The highest BCUT2D eigenvalue weighted by Crippen LogP contribution is 2.20. The molecular formula is C10H17NO5Si. The van der Waals surface area contributed by atoms with Crippen LogP contribution in [-0.2, 0) is 22.9 Å². The van der Waals surface area contributed by atoms with E-state index >= 15 is 0 Å². The third kappa shape index (κ3) is 2.81. The van der Waals surface area contributed by atoms with Crippen molar-refractivity contribution in [3.05, 3.63) is 12.2 Å². The van der Waals surface area contributed by atoms with Crippen LogP contribution in [0, 0.1) is 0 Å². The molecule has 2 amide bonds. The molecule has 1 aliphatic heterocycles. The highest BCUT2D eigenvalue weighted by Gasteiger charge is 2.55. The summed E-state index contributed by atoms with van der Waals surface area (Å²) in [5.74, 6) is -0.894. The van der Waals surface area contributed by atoms with Gasteiger partial charge in [-0.2, -0.15) is 0 Å². The summed E-state index contributed by atoms with van der Waals surface area (Å²) in [6.07, 6.45) is 2.39. The quantitative estimate of drug-likeness (QED) is 0.491. The maximum atomic E-state index is 11.7. The number of hydrogen-bond acceptors (Lipinski definition) is 5. The minimum Gasteiger partial charge on any atom is -0.356 e. The molecule has 7 heteroatoms. The molecule has 1 heterocycles. The van der Waals surface area contributed by atoms with Crippen molar-refractivity contribution in [2.75, 3.05) is 19.8 Å². The van der Waals surface area contributed by atoms with Crippen LogP contribution in [-0.4, -0.2) is 45.2 Å². The van der Waals surface area contributed by atoms with Crippen LogP contribution in [0.25, 0.3) is 0 Å². The van der Waals surface area contributed by atoms with Crippen LogP contribution < -0.4 is 0 Å². The van der Waals surface area contributed by atoms with Gasteiger partial charge in [-0.3, -0.25) is 9.59 Å². The molecule has 96 valence electrons. The summed E-state index contributed by atoms with van der Waals surface area (Å²) in [6, 6.07) is 0. The highest BCUT2D eigenvalue weighted by molar-refractivity contribution is 6.65. The first kappa shape index (κ1) is 14.0. The van der Waals surface area contributed by atoms with E-state index in [0.717, 1.165) is 4.57 Å². The Morgan fingerprint density at radius 3 is 1.59 bits per heavy atom. The Balaban J connectivity index is 3.01. The van der Waals surface area contributed by atoms with Gasteiger partial charge in [-0.1, -0.05) is 0 Å². The molecule has 0 spiro atoms. The molecule has 0 aromatic heterocycles. The van der Waals surface area contributed by atoms with Crippen molar-refractivity contribution in [2.45, 2.75) is 20.8 Å². The lowest BCUT2D eigenvalue weighted by Gasteiger charge is -2.33. The Kier molecular flexibility index (Phi) is 5.00. The van der Waals surface area contributed by atoms with Crippen LogP contribution in [0.5, 0.6) is 0 Å². The Morgan fingerprint density at radius 2 is 1.29 bits per heavy atom. The van der Waals surface area contributed by atoms with Crippen molar-refractivity contribution in [3.63, 3.8) is 0 Å². The number of carbonyl (C=O) groups excluding carboxylic acids is 2. The van der Waals surface area contributed by atoms with Gasteiger partial charge in [0, 0.05) is 32.0 Å². The van der Waals surface area contributed by atoms with E-state index in [2.05, 4.69) is 0 Å². The Morgan fingerprint density at radius 1 is 0.941 bits per heavy atom. The molecule has 0 unspecified atom stereocenters. The normalized spacial score (nSPS) is 16.1. The van der Waals surface area contributed by atoms with E-state index in [1.165, 1.54) is 12.2 Å². The van der Waals surface area contributed by atoms with Crippen molar-refractivity contribution in [1.29, 1.82) is 0 Å². The van der Waals surface area contributed by atoms with E-state index in [4.69, 9.17) is 13.3 Å². The lowest BCUT2D eigenvalue weighted by atomic mass is 10.6. The molecule has 0 saturated heterocycles. The van der Waals surface area contributed by atoms with Crippen LogP contribution in [0.3, 0.4) is 0 Å². The van der Waals surface area contributed by atoms with Crippen LogP contribution >= 0.6 is 0 Å². The zero-order valence-electron chi connectivity index (χ0n) is 10.3. The molecular weight excluding hydrogens is 242 g/mol. The number of rotatable bonds is 7. The van der Waals surface area contributed by atoms with Gasteiger partial charge in [0.1, 0.15) is 0 Å². The van der Waals surface area contributed by atoms with E-state index in [-0.39, 0.29) is 0 Å². The predicted octanol–water partition coefficient (Wildman–Crippen LogP) is 0.456. The van der Waals surface area contributed by atoms with Crippen molar-refractivity contribution >= 4 is 20.8 Å². The van der Waals surface area contributed by atoms with Crippen molar-refractivity contribution in [1.82, 2.24) is 4.57 Å². The lowest BCUT2D eigenvalue weighted by molar-refractivity contribution is -0.137. The molecule has 0 aromatic carbocycles. The fourth-order valence-corrected chi connectivity index (χ4v) is 3.96. The number of hydrogen-bond donors (Lipinski definition) is 0. The van der Waals surface area contributed by atoms with Gasteiger partial charge < -0.3 is 13.3 Å². The maximum absolute atomic E-state index is 11.7. The zero-order chi connectivity index (χ0) is 12.9. The summed E-state index contributed by atoms with van der Waals surface area (Å²) >= 11 is 0. The molecule has 0 radical (unpaired) electrons. The zero-order valence-corrected chi connectivity index (χ0v) is 11.3. The average molecular weight is 259 g/mol. The standard InChI is InChI=1S/C10H17NO5Si/c1-4-14-17(15-5-2,16-6-3)11-9(12)7-8-10(11)13/h7-8H,4-6H2,1-3H3. The first-order valence-electron chi connectivity index (χ1n) is 5.59. The number of nitrogens with zero attached hydrogens (tertiary/aromatic N) is 1. The second-order valence-corrected chi connectivity index (χ2v) is 5.53. The van der Waals surface area contributed by atoms with Gasteiger partial charge in [0.25, 0.3) is 11.8 Å². The maximum Gasteiger partial charge on any atom is 0.643 e. The van der Waals surface area contributed by atoms with Crippen LogP contribution in [0.1, 0.15) is 20.8 Å². The summed E-state index contributed by atoms with van der Waals surface area (Å²) in [7, 11) is -3.42. The summed E-state index contributed by atoms with van der Waals surface area (Å²) in [5, 5.41) is 0. The van der Waals surface area contributed by atoms with Crippen LogP contribution in [0.15, 0.2) is 12.2 Å². The topological polar surface area (TPSA) is 65.1 Å². The third-order valence-corrected chi connectivity index (χ3v) is 5.01. The molecule has 0 fully saturated rings. The number of carbonyl (C=O) groups is 2. The molecule has 0 saturated carbocycles. The molecule has 1 rings (SSSR count). The van der Waals surface area contributed by atoms with Gasteiger partial charge in [-0.15, -0.1) is 0 Å². The minimum absolute atomic E-state index is 0.309. The van der Waals surface area contributed by atoms with E-state index in [9.17, 15) is 9.59 Å². The highest BCUT2D eigenvalue weighted by atomic mass is 28.4. The van der Waals surface area contributed by atoms with Gasteiger partial charge in [-0.05, 0) is 20.8 Å². The number of amides is 2. The van der Waals surface area contributed by atoms with Crippen LogP contribution in [0.2, 0.25) is 0 Å². The van der Waals surface area contributed by atoms with Gasteiger partial charge in [0.15, 0.2) is 0 Å². The fourth-order valence-electron chi connectivity index (χ4n) is 1.54. The summed E-state index contributed by atoms with van der Waals surface area (Å²) in [5.41, 5.74) is 0. The van der Waals surface area contributed by atoms with Crippen molar-refractivity contribution < 1.29 is 22.9 Å². The summed E-state index contributed by atoms with van der Waals surface area (Å²) in [6.45, 7) is 6.21. The van der Waals surface area contributed by atoms with Gasteiger partial charge in [0.2, 0.25) is 0 Å². The van der Waals surface area contributed by atoms with Crippen molar-refractivity contribution in [3.8, 4) is 0 Å². The lowest BCUT2D eigenvalue weighted by Crippen LogP contribution is -2.63. The average Bonchev–Trinajstić information content (AvgIpc) is 2.60. The fraction of sp³-hybridized carbons (Fsp3) is 0.600. The molecule has 0 atom stereocenters. The SMILES string of the molecule is CCO[Si](OCC)(OCC)N1C(=O)C=CC1=O. The summed E-state index contributed by atoms with van der Waals surface area (Å²) < 4.78 is 17.4. The van der Waals surface area contributed by atoms with E-state index < -0.39 is 20.8 Å². The Hall–Kier alpha value is -1.02. The first-order chi connectivity index (χ1) is 8.11. The second-order valence-electron chi connectivity index (χ2n) is 3.17. The van der Waals surface area contributed by atoms with Crippen molar-refractivity contribution in [2.24, 2.45) is 0 Å². The number of imide groups is 1. The molecule has 0 bridgehead atoms. The smallest absolute Gasteiger partial charge is 0.356 e. The van der Waals surface area contributed by atoms with Gasteiger partial charge in [-0.25, -0.2) is 4.57 Å². The van der Waals surface area contributed by atoms with Gasteiger partial charge >= 0.3 is 8.97 Å². The van der Waals surface area contributed by atoms with E-state index in [1.807, 2.05) is 0 Å². The third-order valence-electron chi connectivity index (χ3n) is 2.06. The van der Waals surface area contributed by atoms with E-state index in [1.54, 1.807) is 20.8 Å². The molecule has 0 aromatic rings. The molecule has 17 heavy (non-hydrogen) atoms. The summed E-state index contributed by atoms with van der Waals surface area (Å²) in [4.78, 5) is 23.3. The van der Waals surface area contributed by atoms with Crippen LogP contribution in [0.4, 0.5) is 0 Å². The molecule has 6 nitrogen and oxygen atoms in total. The monoisotopic (exact) mass is 259 g/mol. The first-order valence-corrected chi connectivity index (χ1v) is 7.26.